The smallest absolute Gasteiger partial charge is 0.192 e. The molecule has 0 aliphatic heterocycles. The molecule has 0 amide bonds. The van der Waals surface area contributed by atoms with Gasteiger partial charge in [0.05, 0.1) is 0 Å². The second-order valence-electron chi connectivity index (χ2n) is 5.24. The quantitative estimate of drug-likeness (QED) is 0.428. The average molecular weight is 378 g/mol. The second kappa shape index (κ2) is 7.80. The van der Waals surface area contributed by atoms with Gasteiger partial charge in [-0.3, -0.25) is 4.57 Å². The molecule has 7 heteroatoms. The van der Waals surface area contributed by atoms with Gasteiger partial charge in [-0.15, -0.1) is 16.8 Å². The Kier molecular flexibility index (Phi) is 5.50. The zero-order valence-corrected chi connectivity index (χ0v) is 14.7. The number of benzene rings is 2. The molecule has 0 unspecified atom stereocenters. The predicted octanol–water partition coefficient (Wildman–Crippen LogP) is 5.36. The minimum absolute atomic E-state index is 0.306. The molecule has 0 fully saturated rings. The lowest BCUT2D eigenvalue weighted by atomic mass is 10.2. The van der Waals surface area contributed by atoms with Gasteiger partial charge in [0, 0.05) is 22.9 Å². The van der Waals surface area contributed by atoms with E-state index in [0.717, 1.165) is 11.1 Å². The molecule has 1 heterocycles. The third-order valence-electron chi connectivity index (χ3n) is 3.50. The van der Waals surface area contributed by atoms with Crippen LogP contribution in [0.2, 0.25) is 5.02 Å². The maximum absolute atomic E-state index is 13.1. The molecule has 3 aromatic rings. The van der Waals surface area contributed by atoms with Crippen LogP contribution in [0.15, 0.2) is 60.3 Å². The molecule has 0 atom stereocenters. The van der Waals surface area contributed by atoms with E-state index in [4.69, 9.17) is 11.6 Å². The lowest BCUT2D eigenvalue weighted by molar-refractivity contribution is 0.627. The van der Waals surface area contributed by atoms with E-state index in [9.17, 15) is 8.78 Å². The minimum Gasteiger partial charge on any atom is -0.298 e. The fourth-order valence-electron chi connectivity index (χ4n) is 2.28. The first-order chi connectivity index (χ1) is 12.1. The van der Waals surface area contributed by atoms with Gasteiger partial charge in [0.25, 0.3) is 0 Å². The van der Waals surface area contributed by atoms with Crippen LogP contribution in [0.3, 0.4) is 0 Å². The summed E-state index contributed by atoms with van der Waals surface area (Å²) in [5, 5.41) is 9.48. The maximum Gasteiger partial charge on any atom is 0.192 e. The highest BCUT2D eigenvalue weighted by atomic mass is 35.5. The molecule has 0 spiro atoms. The highest BCUT2D eigenvalue weighted by Gasteiger charge is 2.14. The minimum atomic E-state index is -0.368. The molecule has 0 saturated heterocycles. The van der Waals surface area contributed by atoms with Crippen molar-refractivity contribution < 1.29 is 8.78 Å². The van der Waals surface area contributed by atoms with Crippen molar-refractivity contribution in [3.05, 3.63) is 77.3 Å². The van der Waals surface area contributed by atoms with Crippen LogP contribution in [0.4, 0.5) is 8.78 Å². The Morgan fingerprint density at radius 1 is 1.08 bits per heavy atom. The fraction of sp³-hybridized carbons (Fsp3) is 0.111. The Labute approximate surface area is 153 Å². The molecule has 3 nitrogen and oxygen atoms in total. The van der Waals surface area contributed by atoms with Crippen molar-refractivity contribution in [3.8, 4) is 11.4 Å². The summed E-state index contributed by atoms with van der Waals surface area (Å²) in [6, 6.07) is 10.4. The SMILES string of the molecule is C=CCn1c(SCc2ccc(F)cc2Cl)nnc1-c1ccc(F)cc1. The number of aromatic nitrogens is 3. The van der Waals surface area contributed by atoms with E-state index >= 15 is 0 Å². The van der Waals surface area contributed by atoms with Crippen molar-refractivity contribution in [1.82, 2.24) is 14.8 Å². The molecule has 25 heavy (non-hydrogen) atoms. The Bertz CT molecular complexity index is 894. The van der Waals surface area contributed by atoms with Crippen molar-refractivity contribution in [2.24, 2.45) is 0 Å². The Hall–Kier alpha value is -2.18. The number of halogens is 3. The van der Waals surface area contributed by atoms with Gasteiger partial charge in [0.1, 0.15) is 11.6 Å². The van der Waals surface area contributed by atoms with Crippen LogP contribution in [0.25, 0.3) is 11.4 Å². The van der Waals surface area contributed by atoms with E-state index in [1.54, 1.807) is 24.3 Å². The van der Waals surface area contributed by atoms with Crippen LogP contribution >= 0.6 is 23.4 Å². The topological polar surface area (TPSA) is 30.7 Å². The Balaban J connectivity index is 1.86. The van der Waals surface area contributed by atoms with Crippen molar-refractivity contribution in [2.45, 2.75) is 17.5 Å². The number of hydrogen-bond donors (Lipinski definition) is 0. The molecule has 0 aliphatic rings. The molecule has 128 valence electrons. The number of nitrogens with zero attached hydrogens (tertiary/aromatic N) is 3. The summed E-state index contributed by atoms with van der Waals surface area (Å²) in [6.45, 7) is 4.27. The van der Waals surface area contributed by atoms with E-state index < -0.39 is 0 Å². The fourth-order valence-corrected chi connectivity index (χ4v) is 3.55. The van der Waals surface area contributed by atoms with Crippen LogP contribution < -0.4 is 0 Å². The van der Waals surface area contributed by atoms with Gasteiger partial charge in [-0.2, -0.15) is 0 Å². The van der Waals surface area contributed by atoms with E-state index in [1.807, 2.05) is 4.57 Å². The standard InChI is InChI=1S/C18H14ClF2N3S/c1-2-9-24-17(12-3-6-14(20)7-4-12)22-23-18(24)25-11-13-5-8-15(21)10-16(13)19/h2-8,10H,1,9,11H2. The summed E-state index contributed by atoms with van der Waals surface area (Å²) in [5.41, 5.74) is 1.58. The summed E-state index contributed by atoms with van der Waals surface area (Å²) >= 11 is 7.50. The first kappa shape index (κ1) is 17.6. The largest absolute Gasteiger partial charge is 0.298 e. The highest BCUT2D eigenvalue weighted by Crippen LogP contribution is 2.29. The van der Waals surface area contributed by atoms with Crippen LogP contribution in [-0.4, -0.2) is 14.8 Å². The summed E-state index contributed by atoms with van der Waals surface area (Å²) in [5.74, 6) is 0.483. The van der Waals surface area contributed by atoms with Crippen molar-refractivity contribution in [2.75, 3.05) is 0 Å². The van der Waals surface area contributed by atoms with Gasteiger partial charge < -0.3 is 0 Å². The number of thioether (sulfide) groups is 1. The normalized spacial score (nSPS) is 10.8. The van der Waals surface area contributed by atoms with E-state index in [-0.39, 0.29) is 11.6 Å². The van der Waals surface area contributed by atoms with Crippen molar-refractivity contribution in [3.63, 3.8) is 0 Å². The molecule has 2 aromatic carbocycles. The zero-order chi connectivity index (χ0) is 17.8. The van der Waals surface area contributed by atoms with Gasteiger partial charge in [0.2, 0.25) is 0 Å². The van der Waals surface area contributed by atoms with E-state index in [1.165, 1.54) is 36.0 Å². The monoisotopic (exact) mass is 377 g/mol. The Morgan fingerprint density at radius 3 is 2.48 bits per heavy atom. The molecular weight excluding hydrogens is 364 g/mol. The summed E-state index contributed by atoms with van der Waals surface area (Å²) < 4.78 is 28.2. The number of hydrogen-bond acceptors (Lipinski definition) is 3. The third-order valence-corrected chi connectivity index (χ3v) is 4.87. The number of allylic oxidation sites excluding steroid dienone is 1. The van der Waals surface area contributed by atoms with Crippen molar-refractivity contribution in [1.29, 1.82) is 0 Å². The zero-order valence-electron chi connectivity index (χ0n) is 13.1. The highest BCUT2D eigenvalue weighted by molar-refractivity contribution is 7.98. The van der Waals surface area contributed by atoms with Gasteiger partial charge in [0.15, 0.2) is 11.0 Å². The van der Waals surface area contributed by atoms with Crippen molar-refractivity contribution >= 4 is 23.4 Å². The Morgan fingerprint density at radius 2 is 1.80 bits per heavy atom. The summed E-state index contributed by atoms with van der Waals surface area (Å²) in [4.78, 5) is 0. The second-order valence-corrected chi connectivity index (χ2v) is 6.59. The van der Waals surface area contributed by atoms with Gasteiger partial charge >= 0.3 is 0 Å². The van der Waals surface area contributed by atoms with Gasteiger partial charge in [-0.05, 0) is 42.0 Å². The molecule has 0 bridgehead atoms. The van der Waals surface area contributed by atoms with Crippen LogP contribution in [-0.2, 0) is 12.3 Å². The molecule has 0 radical (unpaired) electrons. The molecule has 0 aliphatic carbocycles. The summed E-state index contributed by atoms with van der Waals surface area (Å²) in [7, 11) is 0. The van der Waals surface area contributed by atoms with Crippen LogP contribution in [0, 0.1) is 11.6 Å². The predicted molar refractivity (Wildman–Crippen MR) is 96.6 cm³/mol. The summed E-state index contributed by atoms with van der Waals surface area (Å²) in [6.07, 6.45) is 1.74. The van der Waals surface area contributed by atoms with Crippen LogP contribution in [0.5, 0.6) is 0 Å². The number of rotatable bonds is 6. The lowest BCUT2D eigenvalue weighted by Gasteiger charge is -2.08. The molecule has 1 aromatic heterocycles. The van der Waals surface area contributed by atoms with Gasteiger partial charge in [-0.1, -0.05) is 35.5 Å². The molecule has 3 rings (SSSR count). The van der Waals surface area contributed by atoms with E-state index in [2.05, 4.69) is 16.8 Å². The van der Waals surface area contributed by atoms with Crippen LogP contribution in [0.1, 0.15) is 5.56 Å². The average Bonchev–Trinajstić information content (AvgIpc) is 2.98. The third kappa shape index (κ3) is 4.08. The van der Waals surface area contributed by atoms with E-state index in [0.29, 0.717) is 28.3 Å². The van der Waals surface area contributed by atoms with Gasteiger partial charge in [-0.25, -0.2) is 8.78 Å². The first-order valence-corrected chi connectivity index (χ1v) is 8.81. The first-order valence-electron chi connectivity index (χ1n) is 7.45. The molecule has 0 N–H and O–H groups in total. The molecular formula is C18H14ClF2N3S. The maximum atomic E-state index is 13.1. The molecule has 0 saturated carbocycles. The lowest BCUT2D eigenvalue weighted by Crippen LogP contribution is -2.01.